The number of thiazole rings is 1. The predicted molar refractivity (Wildman–Crippen MR) is 84.1 cm³/mol. The maximum Gasteiger partial charge on any atom is 0.160 e. The monoisotopic (exact) mass is 306 g/mol. The summed E-state index contributed by atoms with van der Waals surface area (Å²) in [6.07, 6.45) is 0. The summed E-state index contributed by atoms with van der Waals surface area (Å²) in [5.74, 6) is 0.869. The van der Waals surface area contributed by atoms with Crippen LogP contribution in [0.1, 0.15) is 24.9 Å². The van der Waals surface area contributed by atoms with Crippen LogP contribution < -0.4 is 5.73 Å². The molecule has 2 aromatic heterocycles. The van der Waals surface area contributed by atoms with Crippen LogP contribution in [0.15, 0.2) is 23.6 Å². The molecule has 104 valence electrons. The predicted octanol–water partition coefficient (Wildman–Crippen LogP) is 3.85. The number of benzene rings is 1. The van der Waals surface area contributed by atoms with E-state index in [2.05, 4.69) is 23.4 Å². The Balaban J connectivity index is 2.25. The van der Waals surface area contributed by atoms with Gasteiger partial charge in [-0.15, -0.1) is 11.3 Å². The quantitative estimate of drug-likeness (QED) is 0.799. The van der Waals surface area contributed by atoms with Gasteiger partial charge in [0, 0.05) is 23.0 Å². The third-order valence-electron chi connectivity index (χ3n) is 3.12. The van der Waals surface area contributed by atoms with Crippen molar-refractivity contribution in [3.63, 3.8) is 0 Å². The average Bonchev–Trinajstić information content (AvgIpc) is 3.01. The lowest BCUT2D eigenvalue weighted by molar-refractivity contribution is 0.623. The van der Waals surface area contributed by atoms with Crippen LogP contribution >= 0.6 is 22.9 Å². The average molecular weight is 307 g/mol. The minimum absolute atomic E-state index is 0.291. The van der Waals surface area contributed by atoms with Gasteiger partial charge in [-0.2, -0.15) is 0 Å². The van der Waals surface area contributed by atoms with E-state index in [1.165, 1.54) is 0 Å². The molecule has 0 unspecified atom stereocenters. The lowest BCUT2D eigenvalue weighted by Gasteiger charge is -2.11. The van der Waals surface area contributed by atoms with Crippen LogP contribution in [0, 0.1) is 0 Å². The van der Waals surface area contributed by atoms with Crippen molar-refractivity contribution in [1.29, 1.82) is 0 Å². The molecule has 0 saturated carbocycles. The molecule has 0 saturated heterocycles. The third kappa shape index (κ3) is 2.22. The van der Waals surface area contributed by atoms with Gasteiger partial charge >= 0.3 is 0 Å². The van der Waals surface area contributed by atoms with Gasteiger partial charge in [0.1, 0.15) is 10.7 Å². The molecular weight excluding hydrogens is 292 g/mol. The summed E-state index contributed by atoms with van der Waals surface area (Å²) in [6.45, 7) is 4.73. The minimum atomic E-state index is 0.291. The van der Waals surface area contributed by atoms with E-state index >= 15 is 0 Å². The van der Waals surface area contributed by atoms with Crippen LogP contribution in [-0.2, 0) is 6.54 Å². The van der Waals surface area contributed by atoms with E-state index in [0.29, 0.717) is 17.6 Å². The molecule has 0 radical (unpaired) electrons. The molecule has 1 aromatic carbocycles. The molecule has 0 fully saturated rings. The highest BCUT2D eigenvalue weighted by atomic mass is 35.5. The van der Waals surface area contributed by atoms with Crippen LogP contribution in [0.4, 0.5) is 0 Å². The zero-order valence-electron chi connectivity index (χ0n) is 11.3. The summed E-state index contributed by atoms with van der Waals surface area (Å²) in [5, 5.41) is 3.61. The maximum atomic E-state index is 6.05. The molecule has 3 rings (SSSR count). The third-order valence-corrected chi connectivity index (χ3v) is 4.23. The second kappa shape index (κ2) is 5.16. The highest BCUT2D eigenvalue weighted by Gasteiger charge is 2.17. The number of imidazole rings is 1. The van der Waals surface area contributed by atoms with Crippen LogP contribution in [0.25, 0.3) is 22.6 Å². The van der Waals surface area contributed by atoms with E-state index < -0.39 is 0 Å². The fourth-order valence-electron chi connectivity index (χ4n) is 2.28. The van der Waals surface area contributed by atoms with E-state index in [-0.39, 0.29) is 0 Å². The highest BCUT2D eigenvalue weighted by Crippen LogP contribution is 2.30. The highest BCUT2D eigenvalue weighted by molar-refractivity contribution is 7.09. The minimum Gasteiger partial charge on any atom is -0.325 e. The van der Waals surface area contributed by atoms with Crippen molar-refractivity contribution < 1.29 is 0 Å². The molecule has 2 heterocycles. The van der Waals surface area contributed by atoms with Gasteiger partial charge in [-0.05, 0) is 32.0 Å². The Kier molecular flexibility index (Phi) is 3.50. The van der Waals surface area contributed by atoms with Crippen LogP contribution in [0.3, 0.4) is 0 Å². The molecule has 6 heteroatoms. The van der Waals surface area contributed by atoms with E-state index in [0.717, 1.165) is 27.6 Å². The van der Waals surface area contributed by atoms with Crippen molar-refractivity contribution in [2.45, 2.75) is 26.4 Å². The Hall–Kier alpha value is -1.43. The topological polar surface area (TPSA) is 56.7 Å². The van der Waals surface area contributed by atoms with Crippen molar-refractivity contribution in [1.82, 2.24) is 14.5 Å². The lowest BCUT2D eigenvalue weighted by atomic mass is 10.3. The zero-order valence-corrected chi connectivity index (χ0v) is 12.9. The largest absolute Gasteiger partial charge is 0.325 e. The molecule has 0 amide bonds. The van der Waals surface area contributed by atoms with Crippen LogP contribution in [-0.4, -0.2) is 14.5 Å². The number of nitrogens with two attached hydrogens (primary N) is 1. The second-order valence-electron chi connectivity index (χ2n) is 4.86. The van der Waals surface area contributed by atoms with Gasteiger partial charge in [0.2, 0.25) is 0 Å². The van der Waals surface area contributed by atoms with E-state index in [9.17, 15) is 0 Å². The Labute approximate surface area is 126 Å². The smallest absolute Gasteiger partial charge is 0.160 e. The molecule has 2 N–H and O–H groups in total. The number of halogens is 1. The van der Waals surface area contributed by atoms with Gasteiger partial charge in [-0.25, -0.2) is 9.97 Å². The number of fused-ring (bicyclic) bond motifs is 1. The summed E-state index contributed by atoms with van der Waals surface area (Å²) < 4.78 is 2.18. The van der Waals surface area contributed by atoms with Crippen molar-refractivity contribution in [2.75, 3.05) is 0 Å². The van der Waals surface area contributed by atoms with Crippen molar-refractivity contribution >= 4 is 34.0 Å². The maximum absolute atomic E-state index is 6.05. The van der Waals surface area contributed by atoms with Gasteiger partial charge in [-0.3, -0.25) is 0 Å². The summed E-state index contributed by atoms with van der Waals surface area (Å²) in [7, 11) is 0. The summed E-state index contributed by atoms with van der Waals surface area (Å²) >= 11 is 7.62. The van der Waals surface area contributed by atoms with Crippen molar-refractivity contribution in [3.05, 3.63) is 33.6 Å². The SMILES string of the molecule is CC(C)n1c(-c2csc(CN)n2)nc2cc(Cl)ccc21. The van der Waals surface area contributed by atoms with E-state index in [1.807, 2.05) is 23.6 Å². The molecule has 0 spiro atoms. The Morgan fingerprint density at radius 1 is 1.35 bits per heavy atom. The number of nitrogens with zero attached hydrogens (tertiary/aromatic N) is 3. The molecule has 3 aromatic rings. The first kappa shape index (κ1) is 13.5. The number of hydrogen-bond donors (Lipinski definition) is 1. The van der Waals surface area contributed by atoms with Gasteiger partial charge < -0.3 is 10.3 Å². The molecule has 0 aliphatic rings. The van der Waals surface area contributed by atoms with Crippen LogP contribution in [0.2, 0.25) is 5.02 Å². The van der Waals surface area contributed by atoms with E-state index in [4.69, 9.17) is 22.3 Å². The zero-order chi connectivity index (χ0) is 14.3. The van der Waals surface area contributed by atoms with E-state index in [1.54, 1.807) is 11.3 Å². The molecule has 0 aliphatic carbocycles. The van der Waals surface area contributed by atoms with Crippen molar-refractivity contribution in [3.8, 4) is 11.5 Å². The summed E-state index contributed by atoms with van der Waals surface area (Å²) in [6, 6.07) is 6.07. The van der Waals surface area contributed by atoms with Gasteiger partial charge in [0.15, 0.2) is 5.82 Å². The number of rotatable bonds is 3. The Morgan fingerprint density at radius 3 is 2.80 bits per heavy atom. The lowest BCUT2D eigenvalue weighted by Crippen LogP contribution is -2.03. The summed E-state index contributed by atoms with van der Waals surface area (Å²) in [4.78, 5) is 9.23. The van der Waals surface area contributed by atoms with Gasteiger partial charge in [0.05, 0.1) is 11.0 Å². The fourth-order valence-corrected chi connectivity index (χ4v) is 3.10. The second-order valence-corrected chi connectivity index (χ2v) is 6.24. The molecular formula is C14H15ClN4S. The molecule has 0 aliphatic heterocycles. The molecule has 20 heavy (non-hydrogen) atoms. The Morgan fingerprint density at radius 2 is 2.15 bits per heavy atom. The molecule has 0 bridgehead atoms. The molecule has 0 atom stereocenters. The van der Waals surface area contributed by atoms with Crippen molar-refractivity contribution in [2.24, 2.45) is 5.73 Å². The normalized spacial score (nSPS) is 11.7. The first-order chi connectivity index (χ1) is 9.60. The number of aromatic nitrogens is 3. The fraction of sp³-hybridized carbons (Fsp3) is 0.286. The standard InChI is InChI=1S/C14H15ClN4S/c1-8(2)19-12-4-3-9(15)5-10(12)18-14(19)11-7-20-13(6-16)17-11/h3-5,7-8H,6,16H2,1-2H3. The first-order valence-electron chi connectivity index (χ1n) is 6.42. The summed E-state index contributed by atoms with van der Waals surface area (Å²) in [5.41, 5.74) is 8.47. The first-order valence-corrected chi connectivity index (χ1v) is 7.68. The van der Waals surface area contributed by atoms with Gasteiger partial charge in [0.25, 0.3) is 0 Å². The van der Waals surface area contributed by atoms with Crippen LogP contribution in [0.5, 0.6) is 0 Å². The number of hydrogen-bond acceptors (Lipinski definition) is 4. The molecule has 4 nitrogen and oxygen atoms in total. The van der Waals surface area contributed by atoms with Gasteiger partial charge in [-0.1, -0.05) is 11.6 Å². The Bertz CT molecular complexity index is 760.